The normalized spacial score (nSPS) is 21.9. The number of nitrogens with zero attached hydrogens (tertiary/aromatic N) is 1. The molecule has 0 radical (unpaired) electrons. The van der Waals surface area contributed by atoms with E-state index >= 15 is 0 Å². The lowest BCUT2D eigenvalue weighted by atomic mass is 9.92. The third-order valence-corrected chi connectivity index (χ3v) is 4.93. The Hall–Kier alpha value is -1.00. The van der Waals surface area contributed by atoms with E-state index < -0.39 is 0 Å². The highest BCUT2D eigenvalue weighted by atomic mass is 32.2. The number of likely N-dealkylation sites (N-methyl/N-ethyl adjacent to an activating group) is 1. The van der Waals surface area contributed by atoms with E-state index in [1.54, 1.807) is 11.8 Å². The minimum Gasteiger partial charge on any atom is -0.340 e. The largest absolute Gasteiger partial charge is 0.340 e. The molecule has 1 aliphatic heterocycles. The number of benzene rings is 1. The highest BCUT2D eigenvalue weighted by molar-refractivity contribution is 7.98. The van der Waals surface area contributed by atoms with E-state index in [1.807, 2.05) is 11.9 Å². The number of rotatable bonds is 5. The molecule has 1 N–H and O–H groups in total. The van der Waals surface area contributed by atoms with E-state index in [0.717, 1.165) is 25.8 Å². The van der Waals surface area contributed by atoms with Crippen molar-refractivity contribution in [2.24, 2.45) is 0 Å². The van der Waals surface area contributed by atoms with Gasteiger partial charge < -0.3 is 10.2 Å². The number of nitrogens with one attached hydrogen (secondary N) is 1. The van der Waals surface area contributed by atoms with Gasteiger partial charge in [-0.2, -0.15) is 0 Å². The number of hydrogen-bond donors (Lipinski definition) is 1. The summed E-state index contributed by atoms with van der Waals surface area (Å²) in [5.74, 6) is 0.228. The molecule has 1 aliphatic rings. The molecule has 110 valence electrons. The number of amides is 1. The zero-order valence-electron chi connectivity index (χ0n) is 12.6. The van der Waals surface area contributed by atoms with Gasteiger partial charge in [0.25, 0.3) is 0 Å². The summed E-state index contributed by atoms with van der Waals surface area (Å²) in [5, 5.41) is 3.41. The van der Waals surface area contributed by atoms with Gasteiger partial charge >= 0.3 is 0 Å². The summed E-state index contributed by atoms with van der Waals surface area (Å²) in [6.45, 7) is 3.73. The molecule has 1 aromatic rings. The van der Waals surface area contributed by atoms with Gasteiger partial charge in [0, 0.05) is 18.5 Å². The lowest BCUT2D eigenvalue weighted by molar-refractivity contribution is -0.137. The Labute approximate surface area is 126 Å². The Morgan fingerprint density at radius 1 is 1.40 bits per heavy atom. The molecular formula is C16H24N2OS. The first-order valence-electron chi connectivity index (χ1n) is 7.25. The molecule has 0 saturated carbocycles. The van der Waals surface area contributed by atoms with Gasteiger partial charge in [-0.25, -0.2) is 0 Å². The maximum atomic E-state index is 12.7. The van der Waals surface area contributed by atoms with Crippen molar-refractivity contribution in [3.05, 3.63) is 29.8 Å². The maximum Gasteiger partial charge on any atom is 0.242 e. The zero-order valence-corrected chi connectivity index (χ0v) is 13.4. The Morgan fingerprint density at radius 3 is 2.60 bits per heavy atom. The first-order chi connectivity index (χ1) is 9.61. The average Bonchev–Trinajstić information content (AvgIpc) is 2.97. The van der Waals surface area contributed by atoms with Gasteiger partial charge in [-0.05, 0) is 49.8 Å². The summed E-state index contributed by atoms with van der Waals surface area (Å²) in [4.78, 5) is 15.8. The summed E-state index contributed by atoms with van der Waals surface area (Å²) >= 11 is 1.74. The van der Waals surface area contributed by atoms with Crippen molar-refractivity contribution in [3.63, 3.8) is 0 Å². The van der Waals surface area contributed by atoms with Crippen LogP contribution in [-0.2, 0) is 11.3 Å². The monoisotopic (exact) mass is 292 g/mol. The van der Waals surface area contributed by atoms with Crippen molar-refractivity contribution in [2.45, 2.75) is 43.2 Å². The summed E-state index contributed by atoms with van der Waals surface area (Å²) in [7, 11) is 1.90. The van der Waals surface area contributed by atoms with Crippen LogP contribution >= 0.6 is 11.8 Å². The van der Waals surface area contributed by atoms with Crippen molar-refractivity contribution in [2.75, 3.05) is 19.8 Å². The Balaban J connectivity index is 2.03. The standard InChI is InChI=1S/C16H24N2OS/c1-4-16(10-5-11-17-16)15(19)18(2)12-13-6-8-14(20-3)9-7-13/h6-9,17H,4-5,10-12H2,1-3H3. The third-order valence-electron chi connectivity index (χ3n) is 4.18. The van der Waals surface area contributed by atoms with Gasteiger partial charge in [0.05, 0.1) is 5.54 Å². The fourth-order valence-electron chi connectivity index (χ4n) is 2.88. The smallest absolute Gasteiger partial charge is 0.242 e. The molecule has 0 aromatic heterocycles. The number of thioether (sulfide) groups is 1. The predicted octanol–water partition coefficient (Wildman–Crippen LogP) is 2.90. The molecule has 1 fully saturated rings. The van der Waals surface area contributed by atoms with E-state index in [2.05, 4.69) is 42.8 Å². The van der Waals surface area contributed by atoms with Crippen molar-refractivity contribution in [3.8, 4) is 0 Å². The zero-order chi connectivity index (χ0) is 14.6. The molecule has 0 bridgehead atoms. The molecule has 1 aromatic carbocycles. The van der Waals surface area contributed by atoms with E-state index in [9.17, 15) is 4.79 Å². The van der Waals surface area contributed by atoms with Crippen LogP contribution in [0.2, 0.25) is 0 Å². The summed E-state index contributed by atoms with van der Waals surface area (Å²) in [6, 6.07) is 8.44. The molecule has 1 unspecified atom stereocenters. The second kappa shape index (κ2) is 6.64. The second-order valence-electron chi connectivity index (χ2n) is 5.48. The second-order valence-corrected chi connectivity index (χ2v) is 6.35. The molecule has 0 aliphatic carbocycles. The minimum atomic E-state index is -0.325. The summed E-state index contributed by atoms with van der Waals surface area (Å²) in [6.07, 6.45) is 4.98. The molecule has 0 spiro atoms. The van der Waals surface area contributed by atoms with Crippen LogP contribution in [0.1, 0.15) is 31.7 Å². The Kier molecular flexibility index (Phi) is 5.11. The van der Waals surface area contributed by atoms with Gasteiger partial charge in [-0.1, -0.05) is 19.1 Å². The number of carbonyl (C=O) groups is 1. The molecule has 20 heavy (non-hydrogen) atoms. The molecule has 1 saturated heterocycles. The fraction of sp³-hybridized carbons (Fsp3) is 0.562. The van der Waals surface area contributed by atoms with Crippen molar-refractivity contribution in [1.82, 2.24) is 10.2 Å². The van der Waals surface area contributed by atoms with Gasteiger partial charge in [-0.15, -0.1) is 11.8 Å². The predicted molar refractivity (Wildman–Crippen MR) is 85.0 cm³/mol. The van der Waals surface area contributed by atoms with E-state index in [4.69, 9.17) is 0 Å². The van der Waals surface area contributed by atoms with Gasteiger partial charge in [0.15, 0.2) is 0 Å². The van der Waals surface area contributed by atoms with E-state index in [-0.39, 0.29) is 11.4 Å². The van der Waals surface area contributed by atoms with Crippen LogP contribution in [-0.4, -0.2) is 36.2 Å². The lowest BCUT2D eigenvalue weighted by Gasteiger charge is -2.32. The van der Waals surface area contributed by atoms with Crippen molar-refractivity contribution < 1.29 is 4.79 Å². The highest BCUT2D eigenvalue weighted by Crippen LogP contribution is 2.26. The topological polar surface area (TPSA) is 32.3 Å². The minimum absolute atomic E-state index is 0.228. The highest BCUT2D eigenvalue weighted by Gasteiger charge is 2.40. The number of carbonyl (C=O) groups excluding carboxylic acids is 1. The quantitative estimate of drug-likeness (QED) is 0.847. The first kappa shape index (κ1) is 15.4. The van der Waals surface area contributed by atoms with Gasteiger partial charge in [-0.3, -0.25) is 4.79 Å². The SMILES string of the molecule is CCC1(C(=O)N(C)Cc2ccc(SC)cc2)CCCN1. The lowest BCUT2D eigenvalue weighted by Crippen LogP contribution is -2.53. The van der Waals surface area contributed by atoms with Crippen molar-refractivity contribution in [1.29, 1.82) is 0 Å². The van der Waals surface area contributed by atoms with Crippen molar-refractivity contribution >= 4 is 17.7 Å². The average molecular weight is 292 g/mol. The summed E-state index contributed by atoms with van der Waals surface area (Å²) < 4.78 is 0. The van der Waals surface area contributed by atoms with E-state index in [0.29, 0.717) is 6.54 Å². The first-order valence-corrected chi connectivity index (χ1v) is 8.47. The molecule has 1 amide bonds. The molecule has 4 heteroatoms. The number of hydrogen-bond acceptors (Lipinski definition) is 3. The van der Waals surface area contributed by atoms with Crippen LogP contribution in [0.15, 0.2) is 29.2 Å². The maximum absolute atomic E-state index is 12.7. The summed E-state index contributed by atoms with van der Waals surface area (Å²) in [5.41, 5.74) is 0.858. The van der Waals surface area contributed by atoms with E-state index in [1.165, 1.54) is 10.5 Å². The van der Waals surface area contributed by atoms with Crippen LogP contribution in [0, 0.1) is 0 Å². The van der Waals surface area contributed by atoms with Crippen LogP contribution in [0.25, 0.3) is 0 Å². The Morgan fingerprint density at radius 2 is 2.10 bits per heavy atom. The third kappa shape index (κ3) is 3.18. The van der Waals surface area contributed by atoms with Gasteiger partial charge in [0.1, 0.15) is 0 Å². The molecular weight excluding hydrogens is 268 g/mol. The fourth-order valence-corrected chi connectivity index (χ4v) is 3.29. The Bertz CT molecular complexity index is 452. The van der Waals surface area contributed by atoms with Crippen LogP contribution in [0.5, 0.6) is 0 Å². The van der Waals surface area contributed by atoms with Crippen LogP contribution in [0.3, 0.4) is 0 Å². The van der Waals surface area contributed by atoms with Gasteiger partial charge in [0.2, 0.25) is 5.91 Å². The van der Waals surface area contributed by atoms with Crippen LogP contribution < -0.4 is 5.32 Å². The molecule has 1 heterocycles. The van der Waals surface area contributed by atoms with Crippen LogP contribution in [0.4, 0.5) is 0 Å². The molecule has 2 rings (SSSR count). The molecule has 3 nitrogen and oxygen atoms in total. The molecule has 1 atom stereocenters.